The summed E-state index contributed by atoms with van der Waals surface area (Å²) in [5.74, 6) is 0.335. The summed E-state index contributed by atoms with van der Waals surface area (Å²) in [5.41, 5.74) is 7.64. The largest absolute Gasteiger partial charge is 0.368 e. The lowest BCUT2D eigenvalue weighted by molar-refractivity contribution is -0.138. The summed E-state index contributed by atoms with van der Waals surface area (Å²) in [7, 11) is 0. The Labute approximate surface area is 156 Å². The number of thioether (sulfide) groups is 1. The first kappa shape index (κ1) is 18.4. The summed E-state index contributed by atoms with van der Waals surface area (Å²) in [6.07, 6.45) is 3.46. The Kier molecular flexibility index (Phi) is 5.92. The molecule has 7 nitrogen and oxygen atoms in total. The molecule has 0 radical (unpaired) electrons. The van der Waals surface area contributed by atoms with Crippen LogP contribution in [0.3, 0.4) is 0 Å². The van der Waals surface area contributed by atoms with Gasteiger partial charge in [-0.2, -0.15) is 0 Å². The van der Waals surface area contributed by atoms with E-state index in [2.05, 4.69) is 34.2 Å². The molecular formula is C18H23N5O2S. The number of aryl methyl sites for hydroxylation is 1. The van der Waals surface area contributed by atoms with Gasteiger partial charge in [0.05, 0.1) is 5.75 Å². The number of rotatable bonds is 6. The highest BCUT2D eigenvalue weighted by molar-refractivity contribution is 7.99. The molecule has 26 heavy (non-hydrogen) atoms. The number of hydrogen-bond acceptors (Lipinski definition) is 5. The average Bonchev–Trinajstić information content (AvgIpc) is 3.15. The smallest absolute Gasteiger partial charge is 0.240 e. The van der Waals surface area contributed by atoms with Gasteiger partial charge in [0.1, 0.15) is 6.04 Å². The molecule has 0 bridgehead atoms. The van der Waals surface area contributed by atoms with Gasteiger partial charge in [-0.05, 0) is 31.2 Å². The number of aromatic nitrogens is 3. The van der Waals surface area contributed by atoms with E-state index < -0.39 is 11.9 Å². The highest BCUT2D eigenvalue weighted by atomic mass is 32.2. The number of H-pyrrole nitrogens is 1. The molecule has 3 N–H and O–H groups in total. The van der Waals surface area contributed by atoms with Crippen molar-refractivity contribution in [3.63, 3.8) is 0 Å². The molecule has 1 aromatic carbocycles. The van der Waals surface area contributed by atoms with E-state index in [1.165, 1.54) is 17.3 Å². The van der Waals surface area contributed by atoms with Crippen LogP contribution in [-0.4, -0.2) is 50.2 Å². The molecule has 1 aromatic heterocycles. The van der Waals surface area contributed by atoms with Gasteiger partial charge in [-0.3, -0.25) is 14.7 Å². The number of benzene rings is 1. The summed E-state index contributed by atoms with van der Waals surface area (Å²) >= 11 is 1.26. The second-order valence-electron chi connectivity index (χ2n) is 6.31. The van der Waals surface area contributed by atoms with Gasteiger partial charge < -0.3 is 10.6 Å². The zero-order valence-electron chi connectivity index (χ0n) is 14.8. The highest BCUT2D eigenvalue weighted by Crippen LogP contribution is 2.22. The first-order chi connectivity index (χ1) is 12.6. The van der Waals surface area contributed by atoms with Crippen LogP contribution in [0, 0.1) is 0 Å². The van der Waals surface area contributed by atoms with E-state index in [0.717, 1.165) is 24.8 Å². The summed E-state index contributed by atoms with van der Waals surface area (Å²) < 4.78 is 0. The van der Waals surface area contributed by atoms with Crippen LogP contribution in [-0.2, 0) is 16.0 Å². The fourth-order valence-corrected chi connectivity index (χ4v) is 3.76. The third-order valence-corrected chi connectivity index (χ3v) is 5.41. The van der Waals surface area contributed by atoms with Crippen LogP contribution in [0.25, 0.3) is 11.4 Å². The molecule has 0 saturated carbocycles. The van der Waals surface area contributed by atoms with Crippen LogP contribution >= 0.6 is 11.8 Å². The number of likely N-dealkylation sites (tertiary alicyclic amines) is 1. The maximum Gasteiger partial charge on any atom is 0.240 e. The number of hydrogen-bond donors (Lipinski definition) is 2. The number of carbonyl (C=O) groups excluding carboxylic acids is 2. The Morgan fingerprint density at radius 3 is 2.77 bits per heavy atom. The fourth-order valence-electron chi connectivity index (χ4n) is 3.07. The van der Waals surface area contributed by atoms with Gasteiger partial charge in [-0.15, -0.1) is 5.10 Å². The molecule has 1 aliphatic heterocycles. The third kappa shape index (κ3) is 4.24. The van der Waals surface area contributed by atoms with Gasteiger partial charge in [-0.25, -0.2) is 4.98 Å². The molecule has 0 spiro atoms. The van der Waals surface area contributed by atoms with E-state index in [1.54, 1.807) is 4.90 Å². The van der Waals surface area contributed by atoms with Gasteiger partial charge in [0.2, 0.25) is 17.0 Å². The van der Waals surface area contributed by atoms with E-state index in [4.69, 9.17) is 5.73 Å². The van der Waals surface area contributed by atoms with Crippen molar-refractivity contribution in [2.75, 3.05) is 12.3 Å². The van der Waals surface area contributed by atoms with Gasteiger partial charge in [0.25, 0.3) is 0 Å². The first-order valence-electron chi connectivity index (χ1n) is 8.81. The second-order valence-corrected chi connectivity index (χ2v) is 7.25. The summed E-state index contributed by atoms with van der Waals surface area (Å²) in [6.45, 7) is 2.69. The molecule has 1 fully saturated rings. The number of carbonyl (C=O) groups is 2. The SMILES string of the molecule is CCc1ccc(-c2nc(SCC(=O)N3CCCC[C@@H]3C(N)=O)n[nH]2)cc1. The maximum atomic E-state index is 12.5. The summed E-state index contributed by atoms with van der Waals surface area (Å²) in [4.78, 5) is 30.0. The predicted molar refractivity (Wildman–Crippen MR) is 100 cm³/mol. The number of aromatic amines is 1. The van der Waals surface area contributed by atoms with Crippen LogP contribution in [0.1, 0.15) is 31.7 Å². The lowest BCUT2D eigenvalue weighted by Crippen LogP contribution is -2.51. The maximum absolute atomic E-state index is 12.5. The lowest BCUT2D eigenvalue weighted by atomic mass is 10.0. The van der Waals surface area contributed by atoms with Gasteiger partial charge in [-0.1, -0.05) is 43.0 Å². The van der Waals surface area contributed by atoms with Crippen LogP contribution < -0.4 is 5.73 Å². The van der Waals surface area contributed by atoms with Crippen LogP contribution in [0.4, 0.5) is 0 Å². The predicted octanol–water partition coefficient (Wildman–Crippen LogP) is 1.99. The minimum atomic E-state index is -0.489. The zero-order chi connectivity index (χ0) is 18.5. The van der Waals surface area contributed by atoms with E-state index in [0.29, 0.717) is 23.9 Å². The first-order valence-corrected chi connectivity index (χ1v) is 9.80. The molecule has 2 heterocycles. The van der Waals surface area contributed by atoms with Crippen molar-refractivity contribution < 1.29 is 9.59 Å². The van der Waals surface area contributed by atoms with E-state index in [9.17, 15) is 9.59 Å². The minimum Gasteiger partial charge on any atom is -0.368 e. The van der Waals surface area contributed by atoms with Crippen molar-refractivity contribution in [1.29, 1.82) is 0 Å². The minimum absolute atomic E-state index is 0.0999. The monoisotopic (exact) mass is 373 g/mol. The molecule has 138 valence electrons. The van der Waals surface area contributed by atoms with E-state index in [-0.39, 0.29) is 11.7 Å². The number of piperidine rings is 1. The topological polar surface area (TPSA) is 105 Å². The van der Waals surface area contributed by atoms with E-state index in [1.807, 2.05) is 12.1 Å². The number of nitrogens with two attached hydrogens (primary N) is 1. The Morgan fingerprint density at radius 2 is 2.08 bits per heavy atom. The molecule has 0 unspecified atom stereocenters. The van der Waals surface area contributed by atoms with Crippen LogP contribution in [0.15, 0.2) is 29.4 Å². The Balaban J connectivity index is 1.60. The van der Waals surface area contributed by atoms with Crippen molar-refractivity contribution in [3.05, 3.63) is 29.8 Å². The van der Waals surface area contributed by atoms with Crippen LogP contribution in [0.2, 0.25) is 0 Å². The number of amides is 2. The Morgan fingerprint density at radius 1 is 1.31 bits per heavy atom. The quantitative estimate of drug-likeness (QED) is 0.754. The second kappa shape index (κ2) is 8.35. The normalized spacial score (nSPS) is 17.3. The molecule has 3 rings (SSSR count). The number of nitrogens with one attached hydrogen (secondary N) is 1. The van der Waals surface area contributed by atoms with Crippen molar-refractivity contribution in [2.45, 2.75) is 43.8 Å². The fraction of sp³-hybridized carbons (Fsp3) is 0.444. The molecule has 2 aromatic rings. The van der Waals surface area contributed by atoms with Crippen molar-refractivity contribution in [3.8, 4) is 11.4 Å². The number of nitrogens with zero attached hydrogens (tertiary/aromatic N) is 3. The molecule has 1 aliphatic rings. The highest BCUT2D eigenvalue weighted by Gasteiger charge is 2.30. The number of primary amides is 1. The molecule has 2 amide bonds. The molecule has 8 heteroatoms. The third-order valence-electron chi connectivity index (χ3n) is 4.58. The molecular weight excluding hydrogens is 350 g/mol. The zero-order valence-corrected chi connectivity index (χ0v) is 15.6. The lowest BCUT2D eigenvalue weighted by Gasteiger charge is -2.33. The van der Waals surface area contributed by atoms with Gasteiger partial charge >= 0.3 is 0 Å². The molecule has 1 atom stereocenters. The van der Waals surface area contributed by atoms with Crippen molar-refractivity contribution in [2.24, 2.45) is 5.73 Å². The van der Waals surface area contributed by atoms with Crippen LogP contribution in [0.5, 0.6) is 0 Å². The summed E-state index contributed by atoms with van der Waals surface area (Å²) in [6, 6.07) is 7.65. The van der Waals surface area contributed by atoms with Gasteiger partial charge in [0.15, 0.2) is 5.82 Å². The van der Waals surface area contributed by atoms with E-state index >= 15 is 0 Å². The Bertz CT molecular complexity index is 774. The average molecular weight is 373 g/mol. The van der Waals surface area contributed by atoms with Crippen molar-refractivity contribution >= 4 is 23.6 Å². The van der Waals surface area contributed by atoms with Gasteiger partial charge in [0, 0.05) is 12.1 Å². The molecule has 0 aliphatic carbocycles. The molecule has 1 saturated heterocycles. The van der Waals surface area contributed by atoms with Crippen molar-refractivity contribution in [1.82, 2.24) is 20.1 Å². The Hall–Kier alpha value is -2.35. The summed E-state index contributed by atoms with van der Waals surface area (Å²) in [5, 5.41) is 7.59. The standard InChI is InChI=1S/C18H23N5O2S/c1-2-12-6-8-13(9-7-12)17-20-18(22-21-17)26-11-15(24)23-10-4-3-5-14(23)16(19)25/h6-9,14H,2-5,10-11H2,1H3,(H2,19,25)(H,20,21,22)/t14-/m1/s1.